The molecule has 0 fully saturated rings. The van der Waals surface area contributed by atoms with Gasteiger partial charge in [-0.2, -0.15) is 0 Å². The van der Waals surface area contributed by atoms with Gasteiger partial charge in [-0.1, -0.05) is 30.3 Å². The predicted molar refractivity (Wildman–Crippen MR) is 83.9 cm³/mol. The monoisotopic (exact) mass is 284 g/mol. The van der Waals surface area contributed by atoms with Crippen molar-refractivity contribution in [1.29, 1.82) is 5.41 Å². The zero-order valence-corrected chi connectivity index (χ0v) is 11.9. The Balaban J connectivity index is 1.75. The average Bonchev–Trinajstić information content (AvgIpc) is 2.51. The Morgan fingerprint density at radius 1 is 0.905 bits per heavy atom. The molecule has 0 bridgehead atoms. The van der Waals surface area contributed by atoms with Crippen LogP contribution in [0.4, 0.5) is 0 Å². The second-order valence-electron chi connectivity index (χ2n) is 4.72. The second-order valence-corrected chi connectivity index (χ2v) is 4.72. The molecule has 0 saturated heterocycles. The van der Waals surface area contributed by atoms with Crippen LogP contribution in [-0.2, 0) is 6.61 Å². The number of rotatable bonds is 8. The van der Waals surface area contributed by atoms with Crippen molar-refractivity contribution < 1.29 is 9.47 Å². The molecule has 21 heavy (non-hydrogen) atoms. The van der Waals surface area contributed by atoms with Crippen molar-refractivity contribution in [3.8, 4) is 11.5 Å². The van der Waals surface area contributed by atoms with Crippen LogP contribution in [0.3, 0.4) is 0 Å². The molecule has 0 saturated carbocycles. The van der Waals surface area contributed by atoms with E-state index in [1.54, 1.807) is 0 Å². The van der Waals surface area contributed by atoms with Crippen molar-refractivity contribution in [3.05, 3.63) is 60.2 Å². The summed E-state index contributed by atoms with van der Waals surface area (Å²) in [6, 6.07) is 17.6. The van der Waals surface area contributed by atoms with Gasteiger partial charge < -0.3 is 15.2 Å². The molecule has 3 N–H and O–H groups in total. The molecule has 0 aliphatic rings. The van der Waals surface area contributed by atoms with E-state index in [0.29, 0.717) is 19.6 Å². The van der Waals surface area contributed by atoms with Crippen LogP contribution in [0.2, 0.25) is 0 Å². The molecule has 0 heterocycles. The maximum atomic E-state index is 7.13. The summed E-state index contributed by atoms with van der Waals surface area (Å²) < 4.78 is 11.3. The third-order valence-corrected chi connectivity index (χ3v) is 2.93. The van der Waals surface area contributed by atoms with Gasteiger partial charge >= 0.3 is 0 Å². The summed E-state index contributed by atoms with van der Waals surface area (Å²) in [6.45, 7) is 1.11. The van der Waals surface area contributed by atoms with E-state index >= 15 is 0 Å². The minimum Gasteiger partial charge on any atom is -0.494 e. The van der Waals surface area contributed by atoms with Gasteiger partial charge in [0, 0.05) is 6.42 Å². The largest absolute Gasteiger partial charge is 0.494 e. The first-order valence-corrected chi connectivity index (χ1v) is 6.96. The first-order valence-electron chi connectivity index (χ1n) is 6.96. The third-order valence-electron chi connectivity index (χ3n) is 2.93. The van der Waals surface area contributed by atoms with Gasteiger partial charge in [-0.25, -0.2) is 0 Å². The maximum Gasteiger partial charge on any atom is 0.120 e. The van der Waals surface area contributed by atoms with Crippen LogP contribution in [0, 0.1) is 5.41 Å². The number of hydrogen-bond acceptors (Lipinski definition) is 3. The van der Waals surface area contributed by atoms with Crippen molar-refractivity contribution in [2.75, 3.05) is 6.61 Å². The Morgan fingerprint density at radius 2 is 1.52 bits per heavy atom. The third kappa shape index (κ3) is 5.57. The number of nitrogens with one attached hydrogen (secondary N) is 1. The quantitative estimate of drug-likeness (QED) is 0.443. The average molecular weight is 284 g/mol. The van der Waals surface area contributed by atoms with Crippen LogP contribution >= 0.6 is 0 Å². The predicted octanol–water partition coefficient (Wildman–Crippen LogP) is 3.36. The van der Waals surface area contributed by atoms with E-state index in [4.69, 9.17) is 20.6 Å². The summed E-state index contributed by atoms with van der Waals surface area (Å²) in [4.78, 5) is 0. The fraction of sp³-hybridized carbons (Fsp3) is 0.235. The Morgan fingerprint density at radius 3 is 2.14 bits per heavy atom. The summed E-state index contributed by atoms with van der Waals surface area (Å²) in [5, 5.41) is 7.13. The lowest BCUT2D eigenvalue weighted by Gasteiger charge is -2.08. The van der Waals surface area contributed by atoms with Gasteiger partial charge in [-0.3, -0.25) is 5.41 Å². The van der Waals surface area contributed by atoms with Crippen LogP contribution in [-0.4, -0.2) is 12.4 Å². The molecule has 0 unspecified atom stereocenters. The molecule has 0 radical (unpaired) electrons. The molecule has 0 aliphatic carbocycles. The van der Waals surface area contributed by atoms with Crippen LogP contribution in [0.1, 0.15) is 18.4 Å². The number of nitrogens with two attached hydrogens (primary N) is 1. The summed E-state index contributed by atoms with van der Waals surface area (Å²) in [5.41, 5.74) is 6.43. The highest BCUT2D eigenvalue weighted by atomic mass is 16.5. The van der Waals surface area contributed by atoms with E-state index in [1.165, 1.54) is 0 Å². The second kappa shape index (κ2) is 7.94. The van der Waals surface area contributed by atoms with E-state index in [-0.39, 0.29) is 5.84 Å². The summed E-state index contributed by atoms with van der Waals surface area (Å²) in [6.07, 6.45) is 1.32. The zero-order chi connectivity index (χ0) is 14.9. The minimum atomic E-state index is 0.197. The van der Waals surface area contributed by atoms with Crippen LogP contribution < -0.4 is 15.2 Å². The molecule has 0 spiro atoms. The molecular formula is C17H20N2O2. The smallest absolute Gasteiger partial charge is 0.120 e. The van der Waals surface area contributed by atoms with Gasteiger partial charge in [0.2, 0.25) is 0 Å². The highest BCUT2D eigenvalue weighted by molar-refractivity contribution is 5.76. The van der Waals surface area contributed by atoms with Gasteiger partial charge in [0.25, 0.3) is 0 Å². The van der Waals surface area contributed by atoms with Crippen LogP contribution in [0.15, 0.2) is 54.6 Å². The van der Waals surface area contributed by atoms with E-state index < -0.39 is 0 Å². The Kier molecular flexibility index (Phi) is 5.64. The van der Waals surface area contributed by atoms with E-state index in [1.807, 2.05) is 54.6 Å². The fourth-order valence-electron chi connectivity index (χ4n) is 1.83. The van der Waals surface area contributed by atoms with Crippen molar-refractivity contribution >= 4 is 5.84 Å². The van der Waals surface area contributed by atoms with E-state index in [9.17, 15) is 0 Å². The topological polar surface area (TPSA) is 68.3 Å². The Bertz CT molecular complexity index is 553. The minimum absolute atomic E-state index is 0.197. The molecule has 0 aromatic heterocycles. The molecule has 2 aromatic rings. The first kappa shape index (κ1) is 14.9. The molecule has 2 aromatic carbocycles. The fourth-order valence-corrected chi connectivity index (χ4v) is 1.83. The molecule has 0 atom stereocenters. The van der Waals surface area contributed by atoms with E-state index in [2.05, 4.69) is 0 Å². The summed E-state index contributed by atoms with van der Waals surface area (Å²) >= 11 is 0. The summed E-state index contributed by atoms with van der Waals surface area (Å²) in [7, 11) is 0. The SMILES string of the molecule is N=C(N)CCCOc1ccc(OCc2ccccc2)cc1. The maximum absolute atomic E-state index is 7.13. The lowest BCUT2D eigenvalue weighted by molar-refractivity contribution is 0.300. The lowest BCUT2D eigenvalue weighted by atomic mass is 10.2. The van der Waals surface area contributed by atoms with Gasteiger partial charge in [0.1, 0.15) is 18.1 Å². The van der Waals surface area contributed by atoms with Gasteiger partial charge in [-0.05, 0) is 36.2 Å². The highest BCUT2D eigenvalue weighted by Crippen LogP contribution is 2.18. The van der Waals surface area contributed by atoms with E-state index in [0.717, 1.165) is 23.5 Å². The van der Waals surface area contributed by atoms with Gasteiger partial charge in [0.05, 0.1) is 12.4 Å². The van der Waals surface area contributed by atoms with Crippen LogP contribution in [0.5, 0.6) is 11.5 Å². The number of benzene rings is 2. The highest BCUT2D eigenvalue weighted by Gasteiger charge is 1.98. The van der Waals surface area contributed by atoms with Crippen molar-refractivity contribution in [2.24, 2.45) is 5.73 Å². The Labute approximate surface area is 125 Å². The molecule has 2 rings (SSSR count). The van der Waals surface area contributed by atoms with Crippen molar-refractivity contribution in [1.82, 2.24) is 0 Å². The number of hydrogen-bond donors (Lipinski definition) is 2. The molecule has 4 heteroatoms. The van der Waals surface area contributed by atoms with Crippen LogP contribution in [0.25, 0.3) is 0 Å². The normalized spacial score (nSPS) is 10.1. The number of amidine groups is 1. The number of ether oxygens (including phenoxy) is 2. The molecule has 0 aliphatic heterocycles. The van der Waals surface area contributed by atoms with Crippen molar-refractivity contribution in [2.45, 2.75) is 19.4 Å². The zero-order valence-electron chi connectivity index (χ0n) is 11.9. The molecule has 4 nitrogen and oxygen atoms in total. The Hall–Kier alpha value is -2.49. The molecular weight excluding hydrogens is 264 g/mol. The molecule has 0 amide bonds. The standard InChI is InChI=1S/C17H20N2O2/c18-17(19)7-4-12-20-15-8-10-16(11-9-15)21-13-14-5-2-1-3-6-14/h1-3,5-6,8-11H,4,7,12-13H2,(H3,18,19). The van der Waals surface area contributed by atoms with Crippen molar-refractivity contribution in [3.63, 3.8) is 0 Å². The van der Waals surface area contributed by atoms with Gasteiger partial charge in [0.15, 0.2) is 0 Å². The molecule has 110 valence electrons. The lowest BCUT2D eigenvalue weighted by Crippen LogP contribution is -2.10. The van der Waals surface area contributed by atoms with Gasteiger partial charge in [-0.15, -0.1) is 0 Å². The first-order chi connectivity index (χ1) is 10.2. The summed E-state index contributed by atoms with van der Waals surface area (Å²) in [5.74, 6) is 1.81.